The largest absolute Gasteiger partial charge is 0.356 e. The summed E-state index contributed by atoms with van der Waals surface area (Å²) in [4.78, 5) is 32.9. The molecule has 1 saturated heterocycles. The lowest BCUT2D eigenvalue weighted by atomic mass is 9.84. The Morgan fingerprint density at radius 2 is 2.00 bits per heavy atom. The number of aryl methyl sites for hydroxylation is 1. The van der Waals surface area contributed by atoms with Gasteiger partial charge in [0.15, 0.2) is 7.98 Å². The van der Waals surface area contributed by atoms with Crippen molar-refractivity contribution in [3.8, 4) is 10.4 Å². The van der Waals surface area contributed by atoms with Gasteiger partial charge < -0.3 is 15.4 Å². The number of carbonyl (C=O) groups excluding carboxylic acids is 2. The molecule has 1 fully saturated rings. The van der Waals surface area contributed by atoms with Crippen molar-refractivity contribution >= 4 is 31.1 Å². The SMILES string of the molecule is [B]NC(C(=O)N1CCCC1C(=O)NCc1ccc(-c2scnc2C)cc1)C(C)(C)C. The van der Waals surface area contributed by atoms with Gasteiger partial charge in [-0.25, -0.2) is 4.98 Å². The summed E-state index contributed by atoms with van der Waals surface area (Å²) in [6.45, 7) is 8.87. The number of rotatable bonds is 6. The van der Waals surface area contributed by atoms with Crippen LogP contribution in [0.25, 0.3) is 10.4 Å². The molecule has 1 aliphatic rings. The van der Waals surface area contributed by atoms with Gasteiger partial charge in [-0.2, -0.15) is 0 Å². The Labute approximate surface area is 183 Å². The third-order valence-electron chi connectivity index (χ3n) is 5.55. The highest BCUT2D eigenvalue weighted by Crippen LogP contribution is 2.28. The Morgan fingerprint density at radius 1 is 1.30 bits per heavy atom. The summed E-state index contributed by atoms with van der Waals surface area (Å²) < 4.78 is 0. The van der Waals surface area contributed by atoms with Gasteiger partial charge in [0.25, 0.3) is 0 Å². The summed E-state index contributed by atoms with van der Waals surface area (Å²) in [5.74, 6) is -0.236. The molecule has 2 aromatic rings. The average molecular weight is 424 g/mol. The molecule has 2 amide bonds. The normalized spacial score (nSPS) is 17.7. The molecule has 1 aliphatic heterocycles. The molecular weight excluding hydrogens is 395 g/mol. The third kappa shape index (κ3) is 4.92. The number of thiazole rings is 1. The lowest BCUT2D eigenvalue weighted by Crippen LogP contribution is -2.56. The number of nitrogens with one attached hydrogen (secondary N) is 2. The van der Waals surface area contributed by atoms with E-state index in [1.807, 2.05) is 57.5 Å². The van der Waals surface area contributed by atoms with Crippen molar-refractivity contribution < 1.29 is 9.59 Å². The number of aromatic nitrogens is 1. The van der Waals surface area contributed by atoms with Crippen molar-refractivity contribution in [2.75, 3.05) is 6.54 Å². The Morgan fingerprint density at radius 3 is 2.57 bits per heavy atom. The van der Waals surface area contributed by atoms with Crippen molar-refractivity contribution in [1.29, 1.82) is 0 Å². The van der Waals surface area contributed by atoms with Gasteiger partial charge in [-0.05, 0) is 36.3 Å². The van der Waals surface area contributed by atoms with Crippen molar-refractivity contribution in [3.63, 3.8) is 0 Å². The van der Waals surface area contributed by atoms with Gasteiger partial charge in [0.05, 0.1) is 22.1 Å². The molecule has 0 bridgehead atoms. The van der Waals surface area contributed by atoms with Crippen LogP contribution in [0.15, 0.2) is 29.8 Å². The van der Waals surface area contributed by atoms with Crippen LogP contribution >= 0.6 is 11.3 Å². The average Bonchev–Trinajstić information content (AvgIpc) is 3.35. The lowest BCUT2D eigenvalue weighted by molar-refractivity contribution is -0.141. The zero-order valence-electron chi connectivity index (χ0n) is 18.1. The molecular formula is C22H29BN4O2S. The van der Waals surface area contributed by atoms with E-state index >= 15 is 0 Å². The summed E-state index contributed by atoms with van der Waals surface area (Å²) >= 11 is 1.62. The number of likely N-dealkylation sites (tertiary alicyclic amines) is 1. The van der Waals surface area contributed by atoms with Gasteiger partial charge in [-0.15, -0.1) is 11.3 Å². The fourth-order valence-corrected chi connectivity index (χ4v) is 4.63. The van der Waals surface area contributed by atoms with Crippen molar-refractivity contribution in [2.24, 2.45) is 5.41 Å². The van der Waals surface area contributed by atoms with Crippen LogP contribution in [0.5, 0.6) is 0 Å². The van der Waals surface area contributed by atoms with E-state index in [0.717, 1.165) is 28.1 Å². The number of benzene rings is 1. The second-order valence-electron chi connectivity index (χ2n) is 8.84. The first-order valence-corrected chi connectivity index (χ1v) is 11.1. The van der Waals surface area contributed by atoms with Crippen LogP contribution in [0.1, 0.15) is 44.9 Å². The van der Waals surface area contributed by atoms with E-state index in [0.29, 0.717) is 19.5 Å². The van der Waals surface area contributed by atoms with Crippen LogP contribution in [0.2, 0.25) is 0 Å². The third-order valence-corrected chi connectivity index (χ3v) is 6.52. The highest BCUT2D eigenvalue weighted by atomic mass is 32.1. The second kappa shape index (κ2) is 9.31. The van der Waals surface area contributed by atoms with E-state index in [9.17, 15) is 9.59 Å². The zero-order chi connectivity index (χ0) is 21.9. The van der Waals surface area contributed by atoms with E-state index < -0.39 is 12.1 Å². The molecule has 2 atom stereocenters. The fourth-order valence-electron chi connectivity index (χ4n) is 3.82. The molecule has 2 unspecified atom stereocenters. The summed E-state index contributed by atoms with van der Waals surface area (Å²) in [6.07, 6.45) is 1.48. The topological polar surface area (TPSA) is 74.3 Å². The molecule has 158 valence electrons. The van der Waals surface area contributed by atoms with Gasteiger partial charge in [0.2, 0.25) is 11.8 Å². The highest BCUT2D eigenvalue weighted by Gasteiger charge is 2.40. The molecule has 0 aliphatic carbocycles. The number of hydrogen-bond acceptors (Lipinski definition) is 5. The Bertz CT molecular complexity index is 891. The lowest BCUT2D eigenvalue weighted by Gasteiger charge is -2.35. The molecule has 3 rings (SSSR count). The molecule has 0 spiro atoms. The van der Waals surface area contributed by atoms with Crippen LogP contribution in [0.3, 0.4) is 0 Å². The predicted octanol–water partition coefficient (Wildman–Crippen LogP) is 2.81. The number of nitrogens with zero attached hydrogens (tertiary/aromatic N) is 2. The smallest absolute Gasteiger partial charge is 0.243 e. The fraction of sp³-hybridized carbons (Fsp3) is 0.500. The Kier molecular flexibility index (Phi) is 6.98. The first-order valence-electron chi connectivity index (χ1n) is 10.3. The van der Waals surface area contributed by atoms with Crippen LogP contribution < -0.4 is 10.5 Å². The van der Waals surface area contributed by atoms with Gasteiger partial charge in [-0.1, -0.05) is 45.0 Å². The minimum Gasteiger partial charge on any atom is -0.356 e. The van der Waals surface area contributed by atoms with Crippen LogP contribution in [-0.2, 0) is 16.1 Å². The van der Waals surface area contributed by atoms with Crippen molar-refractivity contribution in [2.45, 2.75) is 59.2 Å². The van der Waals surface area contributed by atoms with Crippen LogP contribution in [-0.4, -0.2) is 48.3 Å². The molecule has 6 nitrogen and oxygen atoms in total. The maximum Gasteiger partial charge on any atom is 0.243 e. The van der Waals surface area contributed by atoms with Crippen molar-refractivity contribution in [3.05, 3.63) is 41.0 Å². The molecule has 30 heavy (non-hydrogen) atoms. The maximum absolute atomic E-state index is 13.0. The van der Waals surface area contributed by atoms with Gasteiger partial charge in [-0.3, -0.25) is 9.59 Å². The molecule has 2 heterocycles. The summed E-state index contributed by atoms with van der Waals surface area (Å²) in [7, 11) is 5.64. The highest BCUT2D eigenvalue weighted by molar-refractivity contribution is 7.13. The molecule has 8 heteroatoms. The van der Waals surface area contributed by atoms with E-state index in [1.165, 1.54) is 0 Å². The Balaban J connectivity index is 1.61. The van der Waals surface area contributed by atoms with E-state index in [1.54, 1.807) is 16.2 Å². The molecule has 2 N–H and O–H groups in total. The summed E-state index contributed by atoms with van der Waals surface area (Å²) in [5, 5.41) is 5.62. The monoisotopic (exact) mass is 424 g/mol. The maximum atomic E-state index is 13.0. The number of amides is 2. The molecule has 2 radical (unpaired) electrons. The van der Waals surface area contributed by atoms with E-state index in [2.05, 4.69) is 15.5 Å². The minimum atomic E-state index is -0.534. The molecule has 1 aromatic heterocycles. The van der Waals surface area contributed by atoms with E-state index in [-0.39, 0.29) is 17.2 Å². The second-order valence-corrected chi connectivity index (χ2v) is 9.69. The summed E-state index contributed by atoms with van der Waals surface area (Å²) in [6, 6.07) is 7.15. The standard InChI is InChI=1S/C22H29BN4O2S/c1-14-18(30-13-25-14)16-9-7-15(8-10-16)12-24-20(28)17-6-5-11-27(17)21(29)19(26-23)22(2,3)4/h7-10,13,17,19,26H,5-6,11-12H2,1-4H3,(H,24,28). The van der Waals surface area contributed by atoms with Crippen molar-refractivity contribution in [1.82, 2.24) is 20.4 Å². The van der Waals surface area contributed by atoms with Crippen LogP contribution in [0.4, 0.5) is 0 Å². The van der Waals surface area contributed by atoms with E-state index in [4.69, 9.17) is 7.98 Å². The predicted molar refractivity (Wildman–Crippen MR) is 121 cm³/mol. The van der Waals surface area contributed by atoms with Gasteiger partial charge >= 0.3 is 0 Å². The summed E-state index contributed by atoms with van der Waals surface area (Å²) in [5.41, 5.74) is 4.67. The Hall–Kier alpha value is -2.19. The minimum absolute atomic E-state index is 0.118. The molecule has 0 saturated carbocycles. The van der Waals surface area contributed by atoms with Gasteiger partial charge in [0, 0.05) is 13.1 Å². The quantitative estimate of drug-likeness (QED) is 0.700. The molecule has 1 aromatic carbocycles. The van der Waals surface area contributed by atoms with Crippen LogP contribution in [0, 0.1) is 12.3 Å². The zero-order valence-corrected chi connectivity index (χ0v) is 18.9. The number of carbonyl (C=O) groups is 2. The van der Waals surface area contributed by atoms with Gasteiger partial charge in [0.1, 0.15) is 6.04 Å². The first kappa shape index (κ1) is 22.5. The number of hydrogen-bond donors (Lipinski definition) is 2. The first-order chi connectivity index (χ1) is 14.2.